The van der Waals surface area contributed by atoms with Crippen molar-refractivity contribution in [3.05, 3.63) is 71.7 Å². The molecule has 4 rings (SSSR count). The van der Waals surface area contributed by atoms with Gasteiger partial charge in [0.2, 0.25) is 0 Å². The Morgan fingerprint density at radius 2 is 2.22 bits per heavy atom. The molecule has 1 N–H and O–H groups in total. The first-order valence-corrected chi connectivity index (χ1v) is 9.18. The lowest BCUT2D eigenvalue weighted by Gasteiger charge is -2.33. The summed E-state index contributed by atoms with van der Waals surface area (Å²) in [6.45, 7) is 5.12. The van der Waals surface area contributed by atoms with Gasteiger partial charge in [0, 0.05) is 38.1 Å². The highest BCUT2D eigenvalue weighted by molar-refractivity contribution is 5.91. The second-order valence-electron chi connectivity index (χ2n) is 6.88. The standard InChI is InChI=1S/C20H23N5O2/c1-15-4-2-5-16(23-15)12-24-13-17(25-18(14-24)8-10-22-25)7-9-21-20(26)19-6-3-11-27-19/h2-6,8,10-11,17H,7,9,12-14H2,1H3,(H,21,26)/t17-/m1/s1. The molecule has 0 spiro atoms. The third-order valence-electron chi connectivity index (χ3n) is 4.79. The van der Waals surface area contributed by atoms with Gasteiger partial charge in [0.25, 0.3) is 5.91 Å². The van der Waals surface area contributed by atoms with Gasteiger partial charge in [0.15, 0.2) is 5.76 Å². The fourth-order valence-electron chi connectivity index (χ4n) is 3.56. The van der Waals surface area contributed by atoms with Crippen molar-refractivity contribution in [2.24, 2.45) is 0 Å². The van der Waals surface area contributed by atoms with E-state index in [1.165, 1.54) is 12.0 Å². The minimum atomic E-state index is -0.183. The molecule has 1 amide bonds. The van der Waals surface area contributed by atoms with E-state index < -0.39 is 0 Å². The third kappa shape index (κ3) is 4.09. The number of aryl methyl sites for hydroxylation is 1. The normalized spacial score (nSPS) is 16.9. The van der Waals surface area contributed by atoms with Crippen LogP contribution >= 0.6 is 0 Å². The van der Waals surface area contributed by atoms with Crippen molar-refractivity contribution in [1.82, 2.24) is 25.0 Å². The summed E-state index contributed by atoms with van der Waals surface area (Å²) in [5.41, 5.74) is 3.30. The lowest BCUT2D eigenvalue weighted by Crippen LogP contribution is -2.39. The van der Waals surface area contributed by atoms with E-state index in [4.69, 9.17) is 4.42 Å². The molecule has 0 radical (unpaired) electrons. The van der Waals surface area contributed by atoms with Crippen molar-refractivity contribution in [3.8, 4) is 0 Å². The van der Waals surface area contributed by atoms with Gasteiger partial charge in [-0.05, 0) is 43.7 Å². The molecule has 7 nitrogen and oxygen atoms in total. The minimum Gasteiger partial charge on any atom is -0.459 e. The van der Waals surface area contributed by atoms with Crippen LogP contribution in [0.15, 0.2) is 53.3 Å². The van der Waals surface area contributed by atoms with Gasteiger partial charge >= 0.3 is 0 Å². The van der Waals surface area contributed by atoms with Gasteiger partial charge < -0.3 is 9.73 Å². The highest BCUT2D eigenvalue weighted by Crippen LogP contribution is 2.23. The van der Waals surface area contributed by atoms with Gasteiger partial charge in [-0.2, -0.15) is 5.10 Å². The molecule has 0 saturated heterocycles. The van der Waals surface area contributed by atoms with Gasteiger partial charge in [-0.15, -0.1) is 0 Å². The van der Waals surface area contributed by atoms with Crippen molar-refractivity contribution >= 4 is 5.91 Å². The number of nitrogens with zero attached hydrogens (tertiary/aromatic N) is 4. The van der Waals surface area contributed by atoms with Crippen molar-refractivity contribution < 1.29 is 9.21 Å². The molecule has 3 aromatic rings. The summed E-state index contributed by atoms with van der Waals surface area (Å²) in [6.07, 6.45) is 4.15. The number of carbonyl (C=O) groups is 1. The van der Waals surface area contributed by atoms with E-state index in [2.05, 4.69) is 37.1 Å². The summed E-state index contributed by atoms with van der Waals surface area (Å²) in [6, 6.07) is 11.8. The van der Waals surface area contributed by atoms with Crippen molar-refractivity contribution in [2.45, 2.75) is 32.5 Å². The third-order valence-corrected chi connectivity index (χ3v) is 4.79. The predicted octanol–water partition coefficient (Wildman–Crippen LogP) is 2.56. The smallest absolute Gasteiger partial charge is 0.286 e. The summed E-state index contributed by atoms with van der Waals surface area (Å²) >= 11 is 0. The Balaban J connectivity index is 1.39. The van der Waals surface area contributed by atoms with Crippen LogP contribution in [0.4, 0.5) is 0 Å². The zero-order valence-electron chi connectivity index (χ0n) is 15.3. The number of hydrogen-bond acceptors (Lipinski definition) is 5. The van der Waals surface area contributed by atoms with Gasteiger partial charge in [0.1, 0.15) is 0 Å². The molecule has 1 atom stereocenters. The van der Waals surface area contributed by atoms with Gasteiger partial charge in [-0.25, -0.2) is 0 Å². The number of aromatic nitrogens is 3. The first-order valence-electron chi connectivity index (χ1n) is 9.18. The molecule has 1 aliphatic rings. The fraction of sp³-hybridized carbons (Fsp3) is 0.350. The van der Waals surface area contributed by atoms with Crippen LogP contribution in [0, 0.1) is 6.92 Å². The van der Waals surface area contributed by atoms with E-state index in [9.17, 15) is 4.79 Å². The maximum absolute atomic E-state index is 12.0. The average Bonchev–Trinajstić information content (AvgIpc) is 3.33. The predicted molar refractivity (Wildman–Crippen MR) is 100 cm³/mol. The zero-order valence-corrected chi connectivity index (χ0v) is 15.3. The largest absolute Gasteiger partial charge is 0.459 e. The Hall–Kier alpha value is -2.93. The van der Waals surface area contributed by atoms with Crippen LogP contribution in [-0.2, 0) is 13.1 Å². The molecule has 4 heterocycles. The summed E-state index contributed by atoms with van der Waals surface area (Å²) < 4.78 is 7.21. The second-order valence-corrected chi connectivity index (χ2v) is 6.88. The maximum Gasteiger partial charge on any atom is 0.286 e. The average molecular weight is 365 g/mol. The molecule has 0 fully saturated rings. The van der Waals surface area contributed by atoms with Crippen molar-refractivity contribution in [1.29, 1.82) is 0 Å². The molecular weight excluding hydrogens is 342 g/mol. The number of amides is 1. The van der Waals surface area contributed by atoms with Crippen LogP contribution in [0.1, 0.15) is 40.1 Å². The Labute approximate surface area is 158 Å². The highest BCUT2D eigenvalue weighted by atomic mass is 16.3. The summed E-state index contributed by atoms with van der Waals surface area (Å²) in [4.78, 5) is 19.0. The number of hydrogen-bond donors (Lipinski definition) is 1. The van der Waals surface area contributed by atoms with E-state index in [1.54, 1.807) is 12.1 Å². The number of carbonyl (C=O) groups excluding carboxylic acids is 1. The Bertz CT molecular complexity index is 903. The van der Waals surface area contributed by atoms with E-state index in [-0.39, 0.29) is 11.9 Å². The SMILES string of the molecule is Cc1cccc(CN2Cc3ccnn3[C@H](CCNC(=O)c3ccco3)C2)n1. The maximum atomic E-state index is 12.0. The van der Waals surface area contributed by atoms with Crippen LogP contribution < -0.4 is 5.32 Å². The monoisotopic (exact) mass is 365 g/mol. The Kier molecular flexibility index (Phi) is 5.02. The van der Waals surface area contributed by atoms with Crippen molar-refractivity contribution in [2.75, 3.05) is 13.1 Å². The molecule has 1 aliphatic heterocycles. The number of fused-ring (bicyclic) bond motifs is 1. The molecule has 0 unspecified atom stereocenters. The van der Waals surface area contributed by atoms with Crippen LogP contribution in [-0.4, -0.2) is 38.7 Å². The van der Waals surface area contributed by atoms with Gasteiger partial charge in [-0.1, -0.05) is 6.07 Å². The molecular formula is C20H23N5O2. The zero-order chi connectivity index (χ0) is 18.6. The van der Waals surface area contributed by atoms with E-state index in [0.717, 1.165) is 37.4 Å². The lowest BCUT2D eigenvalue weighted by molar-refractivity contribution is 0.0919. The van der Waals surface area contributed by atoms with Crippen LogP contribution in [0.3, 0.4) is 0 Å². The number of nitrogens with one attached hydrogen (secondary N) is 1. The molecule has 0 saturated carbocycles. The highest BCUT2D eigenvalue weighted by Gasteiger charge is 2.25. The molecule has 0 aromatic carbocycles. The summed E-state index contributed by atoms with van der Waals surface area (Å²) in [7, 11) is 0. The second kappa shape index (κ2) is 7.75. The van der Waals surface area contributed by atoms with Gasteiger partial charge in [0.05, 0.1) is 23.7 Å². The number of furan rings is 1. The van der Waals surface area contributed by atoms with E-state index in [1.807, 2.05) is 25.3 Å². The lowest BCUT2D eigenvalue weighted by atomic mass is 10.1. The topological polar surface area (TPSA) is 76.2 Å². The van der Waals surface area contributed by atoms with E-state index in [0.29, 0.717) is 12.3 Å². The Morgan fingerprint density at radius 3 is 3.04 bits per heavy atom. The van der Waals surface area contributed by atoms with Gasteiger partial charge in [-0.3, -0.25) is 19.4 Å². The van der Waals surface area contributed by atoms with Crippen molar-refractivity contribution in [3.63, 3.8) is 0 Å². The Morgan fingerprint density at radius 1 is 1.30 bits per heavy atom. The molecule has 140 valence electrons. The first-order chi connectivity index (χ1) is 13.2. The quantitative estimate of drug-likeness (QED) is 0.726. The van der Waals surface area contributed by atoms with Crippen LogP contribution in [0.5, 0.6) is 0 Å². The summed E-state index contributed by atoms with van der Waals surface area (Å²) in [5, 5.41) is 7.41. The molecule has 7 heteroatoms. The van der Waals surface area contributed by atoms with Crippen LogP contribution in [0.2, 0.25) is 0 Å². The van der Waals surface area contributed by atoms with E-state index >= 15 is 0 Å². The molecule has 3 aromatic heterocycles. The minimum absolute atomic E-state index is 0.183. The molecule has 0 aliphatic carbocycles. The summed E-state index contributed by atoms with van der Waals surface area (Å²) in [5.74, 6) is 0.155. The molecule has 27 heavy (non-hydrogen) atoms. The fourth-order valence-corrected chi connectivity index (χ4v) is 3.56. The van der Waals surface area contributed by atoms with Crippen LogP contribution in [0.25, 0.3) is 0 Å². The first kappa shape index (κ1) is 17.5. The molecule has 0 bridgehead atoms. The number of rotatable bonds is 6. The number of pyridine rings is 1.